The van der Waals surface area contributed by atoms with Gasteiger partial charge in [-0.15, -0.1) is 0 Å². The van der Waals surface area contributed by atoms with Crippen LogP contribution in [0.2, 0.25) is 0 Å². The summed E-state index contributed by atoms with van der Waals surface area (Å²) in [5, 5.41) is 36.8. The highest BCUT2D eigenvalue weighted by Gasteiger charge is 2.54. The van der Waals surface area contributed by atoms with E-state index in [0.29, 0.717) is 53.7 Å². The third-order valence-electron chi connectivity index (χ3n) is 17.5. The van der Waals surface area contributed by atoms with E-state index in [2.05, 4.69) is 107 Å². The molecule has 83 heavy (non-hydrogen) atoms. The van der Waals surface area contributed by atoms with E-state index in [4.69, 9.17) is 35.1 Å². The average Bonchev–Trinajstić information content (AvgIpc) is 3.87. The number of nitrogens with two attached hydrogens (primary N) is 2. The van der Waals surface area contributed by atoms with Crippen molar-refractivity contribution in [1.82, 2.24) is 10.3 Å². The number of guanidine groups is 1. The van der Waals surface area contributed by atoms with Crippen molar-refractivity contribution in [2.45, 2.75) is 75.3 Å². The Morgan fingerprint density at radius 3 is 2.57 bits per heavy atom. The molecule has 13 rings (SSSR count). The molecule has 9 N–H and O–H groups in total. The first-order valence-electron chi connectivity index (χ1n) is 29.1. The number of phenolic OH excluding ortho intramolecular Hbond substituents is 1. The number of aryl methyl sites for hydroxylation is 3. The summed E-state index contributed by atoms with van der Waals surface area (Å²) in [4.78, 5) is 26.3. The first kappa shape index (κ1) is 55.0. The van der Waals surface area contributed by atoms with Crippen LogP contribution in [0.25, 0.3) is 45.6 Å². The molecule has 3 aliphatic heterocycles. The summed E-state index contributed by atoms with van der Waals surface area (Å²) in [6, 6.07) is 44.0. The molecule has 14 heteroatoms. The number of H-pyrrole nitrogens is 1. The zero-order chi connectivity index (χ0) is 57.2. The van der Waals surface area contributed by atoms with Crippen LogP contribution in [0.4, 0.5) is 11.5 Å². The van der Waals surface area contributed by atoms with Crippen molar-refractivity contribution in [3.05, 3.63) is 200 Å². The molecule has 0 amide bonds. The molecule has 14 nitrogen and oxygen atoms in total. The van der Waals surface area contributed by atoms with Crippen molar-refractivity contribution in [3.63, 3.8) is 0 Å². The third kappa shape index (κ3) is 11.0. The summed E-state index contributed by atoms with van der Waals surface area (Å²) in [6.07, 6.45) is 11.4. The lowest BCUT2D eigenvalue weighted by Crippen LogP contribution is -2.60. The highest BCUT2D eigenvalue weighted by Crippen LogP contribution is 2.58. The number of aromatic amines is 1. The Bertz CT molecular complexity index is 3810. The lowest BCUT2D eigenvalue weighted by atomic mass is 9.69. The van der Waals surface area contributed by atoms with Crippen molar-refractivity contribution in [1.29, 1.82) is 0 Å². The van der Waals surface area contributed by atoms with Gasteiger partial charge >= 0.3 is 0 Å². The van der Waals surface area contributed by atoms with Crippen LogP contribution in [-0.2, 0) is 31.1 Å². The van der Waals surface area contributed by atoms with Gasteiger partial charge in [-0.3, -0.25) is 4.79 Å². The minimum atomic E-state index is -0.871. The number of methoxy groups -OCH3 is 1. The minimum absolute atomic E-state index is 0.00147. The van der Waals surface area contributed by atoms with Gasteiger partial charge in [-0.25, -0.2) is 4.99 Å². The highest BCUT2D eigenvalue weighted by molar-refractivity contribution is 5.93. The number of aliphatic hydroxyl groups excluding tert-OH is 2. The molecular weight excluding hydrogens is 1040 g/mol. The maximum absolute atomic E-state index is 14.8. The summed E-state index contributed by atoms with van der Waals surface area (Å²) in [5.41, 5.74) is 23.9. The van der Waals surface area contributed by atoms with E-state index < -0.39 is 12.0 Å². The van der Waals surface area contributed by atoms with E-state index >= 15 is 0 Å². The maximum atomic E-state index is 14.8. The van der Waals surface area contributed by atoms with Crippen molar-refractivity contribution in [2.75, 3.05) is 51.5 Å². The van der Waals surface area contributed by atoms with Crippen LogP contribution in [0.3, 0.4) is 0 Å². The Hall–Kier alpha value is -8.56. The number of aliphatic hydroxyl groups is 2. The predicted octanol–water partition coefficient (Wildman–Crippen LogP) is 10.7. The first-order chi connectivity index (χ1) is 40.5. The number of rotatable bonds is 11. The van der Waals surface area contributed by atoms with Crippen molar-refractivity contribution in [3.8, 4) is 45.4 Å². The number of nitrogens with one attached hydrogen (secondary N) is 2. The van der Waals surface area contributed by atoms with Gasteiger partial charge in [0.25, 0.3) is 0 Å². The van der Waals surface area contributed by atoms with Crippen LogP contribution in [0, 0.1) is 11.8 Å². The molecule has 426 valence electrons. The average molecular weight is 1110 g/mol. The first-order valence-corrected chi connectivity index (χ1v) is 29.1. The zero-order valence-electron chi connectivity index (χ0n) is 47.0. The fourth-order valence-corrected chi connectivity index (χ4v) is 13.4. The number of aromatic nitrogens is 1. The number of piperazine rings is 1. The van der Waals surface area contributed by atoms with Gasteiger partial charge in [0.15, 0.2) is 22.9 Å². The van der Waals surface area contributed by atoms with Crippen molar-refractivity contribution >= 4 is 40.6 Å². The van der Waals surface area contributed by atoms with Crippen LogP contribution < -0.4 is 41.3 Å². The molecule has 0 unspecified atom stereocenters. The normalized spacial score (nSPS) is 20.7. The molecule has 6 atom stereocenters. The van der Waals surface area contributed by atoms with Crippen molar-refractivity contribution in [2.24, 2.45) is 28.3 Å². The number of aliphatic imine (C=N–C) groups is 1. The molecule has 5 aliphatic rings. The van der Waals surface area contributed by atoms with Crippen molar-refractivity contribution < 1.29 is 33.9 Å². The Balaban J connectivity index is 1.02. The van der Waals surface area contributed by atoms with Crippen LogP contribution in [0.1, 0.15) is 76.7 Å². The van der Waals surface area contributed by atoms with E-state index in [9.17, 15) is 20.1 Å². The Labute approximate surface area is 483 Å². The Morgan fingerprint density at radius 2 is 1.76 bits per heavy atom. The molecule has 0 radical (unpaired) electrons. The van der Waals surface area contributed by atoms with E-state index in [1.165, 1.54) is 24.3 Å². The van der Waals surface area contributed by atoms with E-state index in [0.717, 1.165) is 83.8 Å². The molecule has 2 aliphatic carbocycles. The summed E-state index contributed by atoms with van der Waals surface area (Å²) in [5.74, 6) is 2.04. The zero-order valence-corrected chi connectivity index (χ0v) is 47.0. The number of allylic oxidation sites excluding steroid dienone is 1. The molecule has 6 aromatic carbocycles. The second-order valence-electron chi connectivity index (χ2n) is 22.7. The van der Waals surface area contributed by atoms with Gasteiger partial charge in [0.2, 0.25) is 5.75 Å². The molecule has 1 spiro atoms. The molecule has 8 aromatic rings. The number of nitrogens with zero attached hydrogens (tertiary/aromatic N) is 2. The van der Waals surface area contributed by atoms with Gasteiger partial charge in [-0.2, -0.15) is 0 Å². The number of fused-ring (bicyclic) bond motifs is 10. The topological polar surface area (TPSA) is 214 Å². The second kappa shape index (κ2) is 23.7. The standard InChI is InChI=1S/C69H72N6O8/c1-3-51-35-56-47-14-9-12-43(32-47)17-27-55-63-62(59(79)36-60(83-63)46-21-25-52(77)26-22-46)65(81-31-28-53(78)24-16-42-10-5-4-6-11-42)66(80-2)64(55)82-41-44(40-76)33-48-20-23-50(34-58(48)74-68(70)71)69(61-39-72-29-30-75(61)67(56)73-51)37-49-19-18-45-13-7-8-15-54(45)57(49)38-69/h4-16,18-26,32,34-36,44,49,53,57,61,72-73,76-78H,3,17,27-31,33,37-41H2,1-2H3,(H4,70,71,74)/b24-16+/t44-,49+,53+,57-,61+,69-/m1/s1. The summed E-state index contributed by atoms with van der Waals surface area (Å²) >= 11 is 0. The maximum Gasteiger partial charge on any atom is 0.204 e. The predicted molar refractivity (Wildman–Crippen MR) is 329 cm³/mol. The largest absolute Gasteiger partial charge is 0.508 e. The second-order valence-corrected chi connectivity index (χ2v) is 22.7. The van der Waals surface area contributed by atoms with Gasteiger partial charge in [-0.05, 0) is 126 Å². The number of aromatic hydroxyl groups is 1. The number of phenols is 1. The molecule has 4 bridgehead atoms. The number of anilines is 1. The lowest BCUT2D eigenvalue weighted by Gasteiger charge is -2.49. The Morgan fingerprint density at radius 1 is 0.928 bits per heavy atom. The van der Waals surface area contributed by atoms with Gasteiger partial charge in [-0.1, -0.05) is 122 Å². The van der Waals surface area contributed by atoms with Gasteiger partial charge < -0.3 is 60.6 Å². The SMILES string of the molecule is CCc1cc2c([nH]1)N1CCNC[C@H]1[C@@]1(C[C@@H]3C=Cc4ccccc4[C@@H]3C1)c1ccc(c(N=C(N)N)c1)C[C@H](CO)COc1c(OC)c(OCC[C@@H](O)/C=C/c3ccccc3)c3c(=O)cc(-c4ccc(O)cc4)oc3c1CCc1cccc-2c1. The monoisotopic (exact) mass is 1110 g/mol. The summed E-state index contributed by atoms with van der Waals surface area (Å²) < 4.78 is 26.8. The smallest absolute Gasteiger partial charge is 0.204 e. The van der Waals surface area contributed by atoms with Gasteiger partial charge in [0.1, 0.15) is 28.3 Å². The number of benzene rings is 6. The number of hydrogen-bond donors (Lipinski definition) is 7. The van der Waals surface area contributed by atoms with Crippen LogP contribution in [-0.4, -0.2) is 85.0 Å². The highest BCUT2D eigenvalue weighted by atomic mass is 16.5. The van der Waals surface area contributed by atoms with Gasteiger partial charge in [0, 0.05) is 72.4 Å². The Kier molecular flexibility index (Phi) is 15.7. The van der Waals surface area contributed by atoms with Crippen LogP contribution in [0.5, 0.6) is 23.0 Å². The van der Waals surface area contributed by atoms with Crippen LogP contribution in [0.15, 0.2) is 160 Å². The van der Waals surface area contributed by atoms with E-state index in [1.807, 2.05) is 36.4 Å². The van der Waals surface area contributed by atoms with Gasteiger partial charge in [0.05, 0.1) is 38.2 Å². The molecular formula is C69H72N6O8. The quantitative estimate of drug-likeness (QED) is 0.0476. The molecule has 2 fully saturated rings. The fraction of sp³-hybridized carbons (Fsp3) is 0.304. The summed E-state index contributed by atoms with van der Waals surface area (Å²) in [7, 11) is 1.51. The molecule has 1 saturated heterocycles. The van der Waals surface area contributed by atoms with E-state index in [-0.39, 0.29) is 83.1 Å². The third-order valence-corrected chi connectivity index (χ3v) is 17.5. The lowest BCUT2D eigenvalue weighted by molar-refractivity contribution is 0.157. The number of ether oxygens (including phenoxy) is 3. The number of hydrogen-bond acceptors (Lipinski definition) is 11. The molecule has 1 saturated carbocycles. The van der Waals surface area contributed by atoms with Crippen LogP contribution >= 0.6 is 0 Å². The minimum Gasteiger partial charge on any atom is -0.508 e. The fourth-order valence-electron chi connectivity index (χ4n) is 13.4. The summed E-state index contributed by atoms with van der Waals surface area (Å²) in [6.45, 7) is 4.30. The molecule has 2 aromatic heterocycles. The van der Waals surface area contributed by atoms with E-state index in [1.54, 1.807) is 30.3 Å². The molecule has 5 heterocycles.